The Kier molecular flexibility index (Phi) is 3.08. The number of carbonyl (C=O) groups excluding carboxylic acids is 1. The normalized spacial score (nSPS) is 13.1. The molecule has 0 aliphatic heterocycles. The molecule has 1 amide bonds. The summed E-state index contributed by atoms with van der Waals surface area (Å²) in [4.78, 5) is 13.0. The minimum atomic E-state index is -0.225. The Labute approximate surface area is 114 Å². The van der Waals surface area contributed by atoms with Gasteiger partial charge in [-0.3, -0.25) is 20.7 Å². The van der Waals surface area contributed by atoms with E-state index in [0.29, 0.717) is 11.4 Å². The van der Waals surface area contributed by atoms with E-state index >= 15 is 0 Å². The molecule has 1 aliphatic carbocycles. The summed E-state index contributed by atoms with van der Waals surface area (Å²) in [5, 5.41) is 8.96. The summed E-state index contributed by atoms with van der Waals surface area (Å²) in [6, 6.07) is 3.88. The van der Waals surface area contributed by atoms with Crippen LogP contribution in [-0.4, -0.2) is 16.1 Å². The average molecular weight is 274 g/mol. The molecule has 2 aromatic heterocycles. The number of hydrogen-bond acceptors (Lipinski definition) is 4. The van der Waals surface area contributed by atoms with E-state index in [2.05, 4.69) is 27.6 Å². The van der Waals surface area contributed by atoms with E-state index < -0.39 is 0 Å². The molecular weight excluding hydrogens is 260 g/mol. The van der Waals surface area contributed by atoms with Crippen molar-refractivity contribution in [3.05, 3.63) is 45.9 Å². The predicted octanol–water partition coefficient (Wildman–Crippen LogP) is 1.87. The van der Waals surface area contributed by atoms with Crippen molar-refractivity contribution < 1.29 is 4.79 Å². The highest BCUT2D eigenvalue weighted by Crippen LogP contribution is 2.22. The fraction of sp³-hybridized carbons (Fsp3) is 0.231. The number of hydrazine groups is 1. The number of aryl methyl sites for hydroxylation is 1. The molecule has 2 heterocycles. The second kappa shape index (κ2) is 4.89. The maximum atomic E-state index is 12.0. The largest absolute Gasteiger partial charge is 0.297 e. The zero-order valence-electron chi connectivity index (χ0n) is 10.3. The standard InChI is InChI=1S/C13H14N4OS/c1-8(11-6-3-7-19-11)14-17-13(18)12-9-4-2-5-10(9)15-16-12/h3,6-7,14H,1-2,4-5H2,(H,15,16)(H,17,18). The van der Waals surface area contributed by atoms with Crippen LogP contribution in [0.5, 0.6) is 0 Å². The molecule has 0 fully saturated rings. The summed E-state index contributed by atoms with van der Waals surface area (Å²) in [7, 11) is 0. The van der Waals surface area contributed by atoms with Crippen LogP contribution in [0.1, 0.15) is 33.0 Å². The molecule has 0 bridgehead atoms. The van der Waals surface area contributed by atoms with Gasteiger partial charge in [0.05, 0.1) is 10.6 Å². The first-order chi connectivity index (χ1) is 9.25. The van der Waals surface area contributed by atoms with Crippen LogP contribution in [0, 0.1) is 0 Å². The molecule has 19 heavy (non-hydrogen) atoms. The number of aromatic nitrogens is 2. The van der Waals surface area contributed by atoms with E-state index in [1.165, 1.54) is 0 Å². The molecule has 1 aliphatic rings. The summed E-state index contributed by atoms with van der Waals surface area (Å²) >= 11 is 1.57. The Balaban J connectivity index is 1.64. The Bertz CT molecular complexity index is 615. The first kappa shape index (κ1) is 12.0. The van der Waals surface area contributed by atoms with Crippen molar-refractivity contribution in [2.24, 2.45) is 0 Å². The number of fused-ring (bicyclic) bond motifs is 1. The van der Waals surface area contributed by atoms with Gasteiger partial charge >= 0.3 is 0 Å². The Morgan fingerprint density at radius 2 is 2.32 bits per heavy atom. The molecule has 3 N–H and O–H groups in total. The quantitative estimate of drug-likeness (QED) is 0.745. The molecule has 0 aromatic carbocycles. The lowest BCUT2D eigenvalue weighted by Crippen LogP contribution is -2.36. The Morgan fingerprint density at radius 3 is 3.11 bits per heavy atom. The van der Waals surface area contributed by atoms with Crippen molar-refractivity contribution >= 4 is 22.9 Å². The number of H-pyrrole nitrogens is 1. The number of nitrogens with zero attached hydrogens (tertiary/aromatic N) is 1. The average Bonchev–Trinajstić information content (AvgIpc) is 3.10. The van der Waals surface area contributed by atoms with E-state index in [9.17, 15) is 4.79 Å². The zero-order chi connectivity index (χ0) is 13.2. The van der Waals surface area contributed by atoms with Crippen LogP contribution in [0.25, 0.3) is 5.70 Å². The van der Waals surface area contributed by atoms with E-state index in [4.69, 9.17) is 0 Å². The lowest BCUT2D eigenvalue weighted by molar-refractivity contribution is 0.0936. The SMILES string of the molecule is C=C(NNC(=O)c1n[nH]c2c1CCC2)c1cccs1. The van der Waals surface area contributed by atoms with Gasteiger partial charge in [0.15, 0.2) is 5.69 Å². The molecule has 98 valence electrons. The molecule has 0 radical (unpaired) electrons. The number of aromatic amines is 1. The van der Waals surface area contributed by atoms with Gasteiger partial charge in [-0.25, -0.2) is 0 Å². The third-order valence-corrected chi connectivity index (χ3v) is 4.10. The summed E-state index contributed by atoms with van der Waals surface area (Å²) < 4.78 is 0. The van der Waals surface area contributed by atoms with Crippen molar-refractivity contribution in [2.45, 2.75) is 19.3 Å². The van der Waals surface area contributed by atoms with Gasteiger partial charge < -0.3 is 0 Å². The summed E-state index contributed by atoms with van der Waals surface area (Å²) in [5.74, 6) is -0.225. The fourth-order valence-electron chi connectivity index (χ4n) is 2.21. The van der Waals surface area contributed by atoms with Crippen LogP contribution in [0.2, 0.25) is 0 Å². The molecule has 3 rings (SSSR count). The van der Waals surface area contributed by atoms with Crippen LogP contribution < -0.4 is 10.9 Å². The van der Waals surface area contributed by atoms with E-state index in [0.717, 1.165) is 35.4 Å². The number of nitrogens with one attached hydrogen (secondary N) is 3. The number of amides is 1. The molecule has 0 spiro atoms. The van der Waals surface area contributed by atoms with E-state index in [-0.39, 0.29) is 5.91 Å². The van der Waals surface area contributed by atoms with Gasteiger partial charge in [0, 0.05) is 11.3 Å². The summed E-state index contributed by atoms with van der Waals surface area (Å²) in [6.45, 7) is 3.88. The van der Waals surface area contributed by atoms with Gasteiger partial charge in [-0.1, -0.05) is 12.6 Å². The third-order valence-electron chi connectivity index (χ3n) is 3.17. The highest BCUT2D eigenvalue weighted by molar-refractivity contribution is 7.11. The first-order valence-electron chi connectivity index (χ1n) is 6.11. The maximum Gasteiger partial charge on any atom is 0.290 e. The van der Waals surface area contributed by atoms with Gasteiger partial charge in [-0.05, 0) is 30.7 Å². The number of rotatable bonds is 4. The van der Waals surface area contributed by atoms with Crippen LogP contribution >= 0.6 is 11.3 Å². The van der Waals surface area contributed by atoms with Gasteiger partial charge in [-0.15, -0.1) is 11.3 Å². The van der Waals surface area contributed by atoms with E-state index in [1.807, 2.05) is 17.5 Å². The molecule has 2 aromatic rings. The van der Waals surface area contributed by atoms with Crippen molar-refractivity contribution in [3.8, 4) is 0 Å². The molecule has 5 nitrogen and oxygen atoms in total. The molecule has 0 atom stereocenters. The lowest BCUT2D eigenvalue weighted by Gasteiger charge is -2.08. The number of thiophene rings is 1. The second-order valence-corrected chi connectivity index (χ2v) is 5.37. The zero-order valence-corrected chi connectivity index (χ0v) is 11.1. The van der Waals surface area contributed by atoms with Gasteiger partial charge in [0.1, 0.15) is 0 Å². The van der Waals surface area contributed by atoms with Gasteiger partial charge in [0.25, 0.3) is 5.91 Å². The fourth-order valence-corrected chi connectivity index (χ4v) is 2.86. The van der Waals surface area contributed by atoms with Crippen molar-refractivity contribution in [3.63, 3.8) is 0 Å². The lowest BCUT2D eigenvalue weighted by atomic mass is 10.2. The van der Waals surface area contributed by atoms with Crippen molar-refractivity contribution in [1.29, 1.82) is 0 Å². The highest BCUT2D eigenvalue weighted by atomic mass is 32.1. The smallest absolute Gasteiger partial charge is 0.290 e. The maximum absolute atomic E-state index is 12.0. The molecule has 0 saturated heterocycles. The summed E-state index contributed by atoms with van der Waals surface area (Å²) in [5.41, 5.74) is 8.75. The minimum absolute atomic E-state index is 0.225. The van der Waals surface area contributed by atoms with Crippen LogP contribution in [0.4, 0.5) is 0 Å². The summed E-state index contributed by atoms with van der Waals surface area (Å²) in [6.07, 6.45) is 2.98. The minimum Gasteiger partial charge on any atom is -0.297 e. The third kappa shape index (κ3) is 2.26. The first-order valence-corrected chi connectivity index (χ1v) is 6.99. The molecule has 6 heteroatoms. The number of carbonyl (C=O) groups is 1. The van der Waals surface area contributed by atoms with Crippen LogP contribution in [0.3, 0.4) is 0 Å². The second-order valence-electron chi connectivity index (χ2n) is 4.42. The van der Waals surface area contributed by atoms with E-state index in [1.54, 1.807) is 11.3 Å². The Hall–Kier alpha value is -2.08. The Morgan fingerprint density at radius 1 is 1.42 bits per heavy atom. The monoisotopic (exact) mass is 274 g/mol. The van der Waals surface area contributed by atoms with Crippen molar-refractivity contribution in [1.82, 2.24) is 21.0 Å². The molecule has 0 saturated carbocycles. The van der Waals surface area contributed by atoms with Gasteiger partial charge in [-0.2, -0.15) is 5.10 Å². The van der Waals surface area contributed by atoms with Crippen molar-refractivity contribution in [2.75, 3.05) is 0 Å². The topological polar surface area (TPSA) is 69.8 Å². The molecular formula is C13H14N4OS. The highest BCUT2D eigenvalue weighted by Gasteiger charge is 2.22. The molecule has 0 unspecified atom stereocenters. The van der Waals surface area contributed by atoms with Crippen LogP contribution in [0.15, 0.2) is 24.1 Å². The van der Waals surface area contributed by atoms with Gasteiger partial charge in [0.2, 0.25) is 0 Å². The van der Waals surface area contributed by atoms with Crippen LogP contribution in [-0.2, 0) is 12.8 Å². The number of hydrogen-bond donors (Lipinski definition) is 3. The predicted molar refractivity (Wildman–Crippen MR) is 74.6 cm³/mol.